The van der Waals surface area contributed by atoms with E-state index in [-0.39, 0.29) is 17.5 Å². The first-order valence-corrected chi connectivity index (χ1v) is 6.64. The predicted molar refractivity (Wildman–Crippen MR) is 65.4 cm³/mol. The molecule has 0 unspecified atom stereocenters. The first kappa shape index (κ1) is 12.9. The van der Waals surface area contributed by atoms with E-state index in [1.165, 1.54) is 7.11 Å². The minimum atomic E-state index is -0.441. The highest BCUT2D eigenvalue weighted by Gasteiger charge is 2.73. The van der Waals surface area contributed by atoms with Gasteiger partial charge in [0.25, 0.3) is 0 Å². The molecule has 2 aliphatic carbocycles. The third-order valence-electron chi connectivity index (χ3n) is 5.35. The monoisotopic (exact) mass is 240 g/mol. The number of ether oxygens (including phenoxy) is 1. The number of methoxy groups -OCH3 is 1. The second kappa shape index (κ2) is 3.98. The number of esters is 1. The molecule has 17 heavy (non-hydrogen) atoms. The Morgan fingerprint density at radius 3 is 2.59 bits per heavy atom. The molecule has 4 atom stereocenters. The van der Waals surface area contributed by atoms with E-state index < -0.39 is 5.41 Å². The molecule has 0 amide bonds. The number of hydrogen-bond donors (Lipinski definition) is 1. The molecule has 98 valence electrons. The van der Waals surface area contributed by atoms with Crippen molar-refractivity contribution in [3.63, 3.8) is 0 Å². The van der Waals surface area contributed by atoms with Crippen LogP contribution in [0.4, 0.5) is 0 Å². The Balaban J connectivity index is 2.09. The van der Waals surface area contributed by atoms with Crippen LogP contribution in [-0.2, 0) is 9.53 Å². The molecule has 0 heterocycles. The summed E-state index contributed by atoms with van der Waals surface area (Å²) in [4.78, 5) is 11.8. The number of carbonyl (C=O) groups is 1. The lowest BCUT2D eigenvalue weighted by Crippen LogP contribution is -2.38. The molecule has 0 aromatic heterocycles. The molecule has 0 radical (unpaired) electrons. The molecule has 2 fully saturated rings. The van der Waals surface area contributed by atoms with Gasteiger partial charge in [0, 0.05) is 5.41 Å². The lowest BCUT2D eigenvalue weighted by Gasteiger charge is -2.37. The van der Waals surface area contributed by atoms with E-state index in [2.05, 4.69) is 13.8 Å². The van der Waals surface area contributed by atoms with Gasteiger partial charge in [0.15, 0.2) is 0 Å². The van der Waals surface area contributed by atoms with Crippen LogP contribution in [0.15, 0.2) is 0 Å². The van der Waals surface area contributed by atoms with Gasteiger partial charge in [0.1, 0.15) is 0 Å². The van der Waals surface area contributed by atoms with E-state index in [1.807, 2.05) is 6.92 Å². The Kier molecular flexibility index (Phi) is 3.01. The van der Waals surface area contributed by atoms with Crippen molar-refractivity contribution >= 4 is 5.97 Å². The number of aliphatic hydroxyl groups excluding tert-OH is 1. The molecule has 2 saturated carbocycles. The molecule has 0 bridgehead atoms. The van der Waals surface area contributed by atoms with E-state index >= 15 is 0 Å². The fourth-order valence-corrected chi connectivity index (χ4v) is 3.78. The molecule has 3 nitrogen and oxygen atoms in total. The zero-order chi connectivity index (χ0) is 12.8. The summed E-state index contributed by atoms with van der Waals surface area (Å²) in [6.45, 7) is 6.36. The average molecular weight is 240 g/mol. The van der Waals surface area contributed by atoms with Crippen molar-refractivity contribution in [2.75, 3.05) is 7.11 Å². The van der Waals surface area contributed by atoms with E-state index in [4.69, 9.17) is 4.74 Å². The minimum Gasteiger partial charge on any atom is -0.469 e. The summed E-state index contributed by atoms with van der Waals surface area (Å²) in [5.74, 6) is 1.06. The molecule has 2 rings (SSSR count). The van der Waals surface area contributed by atoms with Crippen molar-refractivity contribution in [2.24, 2.45) is 22.7 Å². The Morgan fingerprint density at radius 2 is 2.12 bits per heavy atom. The van der Waals surface area contributed by atoms with Crippen LogP contribution in [-0.4, -0.2) is 24.3 Å². The van der Waals surface area contributed by atoms with E-state index in [1.54, 1.807) is 0 Å². The van der Waals surface area contributed by atoms with Crippen LogP contribution in [0.2, 0.25) is 0 Å². The van der Waals surface area contributed by atoms with Crippen molar-refractivity contribution in [1.29, 1.82) is 0 Å². The highest BCUT2D eigenvalue weighted by atomic mass is 16.5. The quantitative estimate of drug-likeness (QED) is 0.754. The molecule has 3 heteroatoms. The average Bonchev–Trinajstić information content (AvgIpc) is 2.89. The summed E-state index contributed by atoms with van der Waals surface area (Å²) >= 11 is 0. The largest absolute Gasteiger partial charge is 0.469 e. The summed E-state index contributed by atoms with van der Waals surface area (Å²) in [7, 11) is 1.44. The first-order valence-electron chi connectivity index (χ1n) is 6.64. The number of rotatable bonds is 2. The number of hydrogen-bond acceptors (Lipinski definition) is 3. The van der Waals surface area contributed by atoms with E-state index in [9.17, 15) is 9.90 Å². The molecular formula is C14H24O3. The van der Waals surface area contributed by atoms with Crippen LogP contribution in [0.25, 0.3) is 0 Å². The van der Waals surface area contributed by atoms with Crippen LogP contribution >= 0.6 is 0 Å². The highest BCUT2D eigenvalue weighted by Crippen LogP contribution is 2.71. The van der Waals surface area contributed by atoms with Gasteiger partial charge in [-0.25, -0.2) is 0 Å². The maximum Gasteiger partial charge on any atom is 0.312 e. The minimum absolute atomic E-state index is 0.153. The van der Waals surface area contributed by atoms with Gasteiger partial charge in [-0.1, -0.05) is 13.8 Å². The summed E-state index contributed by atoms with van der Waals surface area (Å²) in [5.41, 5.74) is -0.630. The maximum absolute atomic E-state index is 11.8. The molecule has 0 aliphatic heterocycles. The van der Waals surface area contributed by atoms with Crippen molar-refractivity contribution < 1.29 is 14.6 Å². The zero-order valence-electron chi connectivity index (χ0n) is 11.3. The molecule has 1 N–H and O–H groups in total. The van der Waals surface area contributed by atoms with Crippen LogP contribution in [0.3, 0.4) is 0 Å². The van der Waals surface area contributed by atoms with Crippen LogP contribution in [0.5, 0.6) is 0 Å². The van der Waals surface area contributed by atoms with E-state index in [0.29, 0.717) is 11.8 Å². The Hall–Kier alpha value is -0.570. The van der Waals surface area contributed by atoms with E-state index in [0.717, 1.165) is 25.7 Å². The summed E-state index contributed by atoms with van der Waals surface area (Å²) in [6, 6.07) is 0. The van der Waals surface area contributed by atoms with Crippen molar-refractivity contribution in [2.45, 2.75) is 52.6 Å². The van der Waals surface area contributed by atoms with Crippen LogP contribution in [0, 0.1) is 22.7 Å². The van der Waals surface area contributed by atoms with Gasteiger partial charge in [-0.15, -0.1) is 0 Å². The third-order valence-corrected chi connectivity index (χ3v) is 5.35. The molecular weight excluding hydrogens is 216 g/mol. The molecule has 0 aromatic rings. The highest BCUT2D eigenvalue weighted by molar-refractivity contribution is 5.81. The van der Waals surface area contributed by atoms with Crippen LogP contribution < -0.4 is 0 Å². The second-order valence-electron chi connectivity index (χ2n) is 6.45. The standard InChI is InChI=1S/C14H24O3/c1-9(2)10-5-6-14(11(15)7-10)8-13(14,3)12(16)17-4/h9-11,15H,5-8H2,1-4H3/t10-,11-,13+,14+/m0/s1. The first-order chi connectivity index (χ1) is 7.87. The fourth-order valence-electron chi connectivity index (χ4n) is 3.78. The van der Waals surface area contributed by atoms with Gasteiger partial charge in [-0.2, -0.15) is 0 Å². The van der Waals surface area contributed by atoms with Crippen molar-refractivity contribution in [3.05, 3.63) is 0 Å². The fraction of sp³-hybridized carbons (Fsp3) is 0.929. The second-order valence-corrected chi connectivity index (χ2v) is 6.45. The molecule has 1 spiro atoms. The lowest BCUT2D eigenvalue weighted by atomic mass is 9.70. The summed E-state index contributed by atoms with van der Waals surface area (Å²) < 4.78 is 4.88. The third kappa shape index (κ3) is 1.70. The normalized spacial score (nSPS) is 45.1. The Bertz CT molecular complexity index is 325. The van der Waals surface area contributed by atoms with Crippen molar-refractivity contribution in [1.82, 2.24) is 0 Å². The van der Waals surface area contributed by atoms with Crippen LogP contribution in [0.1, 0.15) is 46.5 Å². The Labute approximate surface area is 104 Å². The van der Waals surface area contributed by atoms with Gasteiger partial charge < -0.3 is 9.84 Å². The smallest absolute Gasteiger partial charge is 0.312 e. The maximum atomic E-state index is 11.8. The topological polar surface area (TPSA) is 46.5 Å². The van der Waals surface area contributed by atoms with Gasteiger partial charge in [0.05, 0.1) is 18.6 Å². The summed E-state index contributed by atoms with van der Waals surface area (Å²) in [5, 5.41) is 10.4. The summed E-state index contributed by atoms with van der Waals surface area (Å²) in [6.07, 6.45) is 3.38. The molecule has 0 saturated heterocycles. The number of aliphatic hydroxyl groups is 1. The number of carbonyl (C=O) groups excluding carboxylic acids is 1. The predicted octanol–water partition coefficient (Wildman–Crippen LogP) is 2.37. The van der Waals surface area contributed by atoms with Gasteiger partial charge >= 0.3 is 5.97 Å². The van der Waals surface area contributed by atoms with Crippen molar-refractivity contribution in [3.8, 4) is 0 Å². The lowest BCUT2D eigenvalue weighted by molar-refractivity contribution is -0.150. The molecule has 0 aromatic carbocycles. The van der Waals surface area contributed by atoms with Gasteiger partial charge in [-0.05, 0) is 44.4 Å². The SMILES string of the molecule is COC(=O)[C@@]1(C)C[C@@]12CC[C@H](C(C)C)C[C@@H]2O. The zero-order valence-corrected chi connectivity index (χ0v) is 11.3. The Morgan fingerprint density at radius 1 is 1.47 bits per heavy atom. The molecule has 2 aliphatic rings. The van der Waals surface area contributed by atoms with Gasteiger partial charge in [0.2, 0.25) is 0 Å². The van der Waals surface area contributed by atoms with Gasteiger partial charge in [-0.3, -0.25) is 4.79 Å².